The van der Waals surface area contributed by atoms with Gasteiger partial charge in [-0.15, -0.1) is 0 Å². The number of anilines is 2. The molecule has 3 N–H and O–H groups in total. The standard InChI is InChI=1S/C14H14FN3O/c1-8-5-10(3-4-12(8)15)14(19)18-13-9(2)6-11(16)7-17-13/h3-7H,16H2,1-2H3,(H,17,18,19). The number of aryl methyl sites for hydroxylation is 2. The first-order chi connectivity index (χ1) is 8.97. The molecule has 0 fully saturated rings. The third kappa shape index (κ3) is 2.88. The molecule has 0 aliphatic heterocycles. The predicted octanol–water partition coefficient (Wildman–Crippen LogP) is 2.67. The summed E-state index contributed by atoms with van der Waals surface area (Å²) in [7, 11) is 0. The largest absolute Gasteiger partial charge is 0.397 e. The minimum atomic E-state index is -0.335. The highest BCUT2D eigenvalue weighted by atomic mass is 19.1. The lowest BCUT2D eigenvalue weighted by molar-refractivity contribution is 0.102. The van der Waals surface area contributed by atoms with Crippen molar-refractivity contribution in [3.05, 3.63) is 53.0 Å². The molecule has 19 heavy (non-hydrogen) atoms. The molecule has 1 heterocycles. The van der Waals surface area contributed by atoms with Crippen molar-refractivity contribution in [1.82, 2.24) is 4.98 Å². The Labute approximate surface area is 110 Å². The van der Waals surface area contributed by atoms with Gasteiger partial charge in [0.2, 0.25) is 0 Å². The van der Waals surface area contributed by atoms with E-state index in [0.717, 1.165) is 5.56 Å². The van der Waals surface area contributed by atoms with Crippen LogP contribution in [-0.2, 0) is 0 Å². The van der Waals surface area contributed by atoms with Gasteiger partial charge in [0.25, 0.3) is 5.91 Å². The van der Waals surface area contributed by atoms with Crippen LogP contribution in [0.5, 0.6) is 0 Å². The highest BCUT2D eigenvalue weighted by molar-refractivity contribution is 6.04. The van der Waals surface area contributed by atoms with Gasteiger partial charge in [0.1, 0.15) is 11.6 Å². The van der Waals surface area contributed by atoms with E-state index in [0.29, 0.717) is 22.6 Å². The molecule has 0 unspecified atom stereocenters. The van der Waals surface area contributed by atoms with Crippen LogP contribution in [0.2, 0.25) is 0 Å². The maximum absolute atomic E-state index is 13.1. The van der Waals surface area contributed by atoms with Crippen molar-refractivity contribution in [1.29, 1.82) is 0 Å². The Kier molecular flexibility index (Phi) is 3.46. The summed E-state index contributed by atoms with van der Waals surface area (Å²) < 4.78 is 13.1. The van der Waals surface area contributed by atoms with Gasteiger partial charge in [-0.1, -0.05) is 0 Å². The second kappa shape index (κ2) is 5.06. The summed E-state index contributed by atoms with van der Waals surface area (Å²) in [4.78, 5) is 16.1. The number of aromatic nitrogens is 1. The number of benzene rings is 1. The average molecular weight is 259 g/mol. The smallest absolute Gasteiger partial charge is 0.256 e. The van der Waals surface area contributed by atoms with E-state index in [9.17, 15) is 9.18 Å². The number of nitrogens with zero attached hydrogens (tertiary/aromatic N) is 1. The highest BCUT2D eigenvalue weighted by Gasteiger charge is 2.10. The molecule has 0 saturated heterocycles. The summed E-state index contributed by atoms with van der Waals surface area (Å²) in [5, 5.41) is 2.67. The topological polar surface area (TPSA) is 68.0 Å². The molecule has 0 radical (unpaired) electrons. The summed E-state index contributed by atoms with van der Waals surface area (Å²) in [6.45, 7) is 3.41. The van der Waals surface area contributed by atoms with Crippen LogP contribution in [-0.4, -0.2) is 10.9 Å². The molecule has 0 bridgehead atoms. The molecule has 1 aromatic heterocycles. The number of carbonyl (C=O) groups is 1. The van der Waals surface area contributed by atoms with Crippen LogP contribution in [0.3, 0.4) is 0 Å². The van der Waals surface area contributed by atoms with E-state index in [4.69, 9.17) is 5.73 Å². The molecule has 2 aromatic rings. The Morgan fingerprint density at radius 1 is 1.26 bits per heavy atom. The third-order valence-electron chi connectivity index (χ3n) is 2.75. The minimum absolute atomic E-state index is 0.330. The molecule has 1 amide bonds. The van der Waals surface area contributed by atoms with Crippen LogP contribution in [0.1, 0.15) is 21.5 Å². The van der Waals surface area contributed by atoms with Crippen molar-refractivity contribution >= 4 is 17.4 Å². The van der Waals surface area contributed by atoms with Gasteiger partial charge >= 0.3 is 0 Å². The molecule has 0 saturated carbocycles. The molecule has 5 heteroatoms. The quantitative estimate of drug-likeness (QED) is 0.871. The molecule has 2 rings (SSSR count). The molecule has 0 aliphatic rings. The monoisotopic (exact) mass is 259 g/mol. The normalized spacial score (nSPS) is 10.3. The van der Waals surface area contributed by atoms with E-state index in [1.165, 1.54) is 24.4 Å². The first-order valence-electron chi connectivity index (χ1n) is 5.77. The minimum Gasteiger partial charge on any atom is -0.397 e. The van der Waals surface area contributed by atoms with Crippen molar-refractivity contribution in [2.75, 3.05) is 11.1 Å². The van der Waals surface area contributed by atoms with E-state index < -0.39 is 0 Å². The number of halogens is 1. The summed E-state index contributed by atoms with van der Waals surface area (Å²) in [6, 6.07) is 5.92. The molecular weight excluding hydrogens is 245 g/mol. The van der Waals surface area contributed by atoms with E-state index in [-0.39, 0.29) is 11.7 Å². The highest BCUT2D eigenvalue weighted by Crippen LogP contribution is 2.16. The van der Waals surface area contributed by atoms with Crippen molar-refractivity contribution in [2.24, 2.45) is 0 Å². The maximum Gasteiger partial charge on any atom is 0.256 e. The zero-order chi connectivity index (χ0) is 14.0. The van der Waals surface area contributed by atoms with Gasteiger partial charge in [0.15, 0.2) is 0 Å². The molecule has 0 aliphatic carbocycles. The number of hydrogen-bond acceptors (Lipinski definition) is 3. The van der Waals surface area contributed by atoms with Crippen LogP contribution in [0.4, 0.5) is 15.9 Å². The third-order valence-corrected chi connectivity index (χ3v) is 2.75. The van der Waals surface area contributed by atoms with Gasteiger partial charge < -0.3 is 11.1 Å². The van der Waals surface area contributed by atoms with E-state index in [1.54, 1.807) is 19.9 Å². The summed E-state index contributed by atoms with van der Waals surface area (Å²) in [5.74, 6) is -0.219. The number of hydrogen-bond donors (Lipinski definition) is 2. The van der Waals surface area contributed by atoms with Crippen molar-refractivity contribution < 1.29 is 9.18 Å². The zero-order valence-corrected chi connectivity index (χ0v) is 10.7. The van der Waals surface area contributed by atoms with Crippen LogP contribution in [0.15, 0.2) is 30.5 Å². The summed E-state index contributed by atoms with van der Waals surface area (Å²) >= 11 is 0. The van der Waals surface area contributed by atoms with Gasteiger partial charge in [-0.25, -0.2) is 9.37 Å². The van der Waals surface area contributed by atoms with Gasteiger partial charge in [-0.2, -0.15) is 0 Å². The van der Waals surface area contributed by atoms with Gasteiger partial charge in [-0.05, 0) is 49.2 Å². The molecule has 1 aromatic carbocycles. The Balaban J connectivity index is 2.23. The van der Waals surface area contributed by atoms with Crippen LogP contribution in [0.25, 0.3) is 0 Å². The fraction of sp³-hybridized carbons (Fsp3) is 0.143. The Morgan fingerprint density at radius 2 is 2.00 bits per heavy atom. The van der Waals surface area contributed by atoms with E-state index >= 15 is 0 Å². The fourth-order valence-corrected chi connectivity index (χ4v) is 1.69. The first kappa shape index (κ1) is 13.0. The average Bonchev–Trinajstić information content (AvgIpc) is 2.36. The molecular formula is C14H14FN3O. The summed E-state index contributed by atoms with van der Waals surface area (Å²) in [6.07, 6.45) is 1.47. The second-order valence-corrected chi connectivity index (χ2v) is 4.35. The van der Waals surface area contributed by atoms with Crippen molar-refractivity contribution in [2.45, 2.75) is 13.8 Å². The number of carbonyl (C=O) groups excluding carboxylic acids is 1. The van der Waals surface area contributed by atoms with Gasteiger partial charge in [-0.3, -0.25) is 4.79 Å². The van der Waals surface area contributed by atoms with Gasteiger partial charge in [0.05, 0.1) is 11.9 Å². The predicted molar refractivity (Wildman–Crippen MR) is 72.5 cm³/mol. The number of rotatable bonds is 2. The molecule has 0 spiro atoms. The Hall–Kier alpha value is -2.43. The van der Waals surface area contributed by atoms with Gasteiger partial charge in [0, 0.05) is 5.56 Å². The van der Waals surface area contributed by atoms with Crippen LogP contribution in [0, 0.1) is 19.7 Å². The second-order valence-electron chi connectivity index (χ2n) is 4.35. The Morgan fingerprint density at radius 3 is 2.63 bits per heavy atom. The number of amides is 1. The van der Waals surface area contributed by atoms with Crippen LogP contribution < -0.4 is 11.1 Å². The zero-order valence-electron chi connectivity index (χ0n) is 10.7. The lowest BCUT2D eigenvalue weighted by Crippen LogP contribution is -2.14. The molecule has 0 atom stereocenters. The summed E-state index contributed by atoms with van der Waals surface area (Å²) in [5.41, 5.74) is 7.71. The van der Waals surface area contributed by atoms with Crippen LogP contribution >= 0.6 is 0 Å². The number of nitrogens with one attached hydrogen (secondary N) is 1. The van der Waals surface area contributed by atoms with Crippen molar-refractivity contribution in [3.8, 4) is 0 Å². The lowest BCUT2D eigenvalue weighted by atomic mass is 10.1. The number of nitrogen functional groups attached to an aromatic ring is 1. The first-order valence-corrected chi connectivity index (χ1v) is 5.77. The van der Waals surface area contributed by atoms with Crippen molar-refractivity contribution in [3.63, 3.8) is 0 Å². The number of pyridine rings is 1. The maximum atomic E-state index is 13.1. The van der Waals surface area contributed by atoms with E-state index in [2.05, 4.69) is 10.3 Å². The van der Waals surface area contributed by atoms with E-state index in [1.807, 2.05) is 0 Å². The Bertz CT molecular complexity index is 641. The fourth-order valence-electron chi connectivity index (χ4n) is 1.69. The SMILES string of the molecule is Cc1cc(C(=O)Nc2ncc(N)cc2C)ccc1F. The molecule has 4 nitrogen and oxygen atoms in total. The lowest BCUT2D eigenvalue weighted by Gasteiger charge is -2.08. The number of nitrogens with two attached hydrogens (primary N) is 1. The molecule has 98 valence electrons.